The first kappa shape index (κ1) is 25.5. The minimum atomic E-state index is -0.240. The molecule has 1 atom stereocenters. The van der Waals surface area contributed by atoms with Crippen molar-refractivity contribution in [1.29, 1.82) is 0 Å². The molecule has 0 saturated carbocycles. The van der Waals surface area contributed by atoms with Crippen LogP contribution in [0, 0.1) is 0 Å². The van der Waals surface area contributed by atoms with Gasteiger partial charge in [-0.1, -0.05) is 52.3 Å². The Hall–Kier alpha value is -3.56. The van der Waals surface area contributed by atoms with Gasteiger partial charge in [0.2, 0.25) is 0 Å². The van der Waals surface area contributed by atoms with Crippen LogP contribution in [-0.2, 0) is 9.59 Å². The Balaban J connectivity index is 1.39. The summed E-state index contributed by atoms with van der Waals surface area (Å²) in [5.74, 6) is 0.430. The molecule has 4 rings (SSSR count). The van der Waals surface area contributed by atoms with Crippen LogP contribution in [0.15, 0.2) is 87.2 Å². The largest absolute Gasteiger partial charge is 0.493 e. The fraction of sp³-hybridized carbons (Fsp3) is 0.148. The van der Waals surface area contributed by atoms with Gasteiger partial charge >= 0.3 is 0 Å². The maximum absolute atomic E-state index is 12.4. The number of hydrogen-bond acceptors (Lipinski definition) is 6. The van der Waals surface area contributed by atoms with Crippen molar-refractivity contribution in [2.24, 2.45) is 4.99 Å². The predicted molar refractivity (Wildman–Crippen MR) is 146 cm³/mol. The molecule has 184 valence electrons. The van der Waals surface area contributed by atoms with E-state index in [2.05, 4.69) is 31.6 Å². The van der Waals surface area contributed by atoms with Crippen LogP contribution in [0.5, 0.6) is 11.5 Å². The van der Waals surface area contributed by atoms with Gasteiger partial charge in [-0.15, -0.1) is 0 Å². The maximum atomic E-state index is 12.4. The minimum absolute atomic E-state index is 0.134. The van der Waals surface area contributed by atoms with Crippen LogP contribution in [0.25, 0.3) is 6.08 Å². The molecular formula is C27H24BrN3O4S. The fourth-order valence-corrected chi connectivity index (χ4v) is 4.52. The van der Waals surface area contributed by atoms with Gasteiger partial charge in [-0.3, -0.25) is 9.59 Å². The number of carbonyl (C=O) groups is 2. The zero-order valence-corrected chi connectivity index (χ0v) is 22.1. The lowest BCUT2D eigenvalue weighted by Crippen LogP contribution is -2.31. The van der Waals surface area contributed by atoms with Crippen molar-refractivity contribution in [3.8, 4) is 11.5 Å². The van der Waals surface area contributed by atoms with E-state index in [1.165, 1.54) is 18.9 Å². The molecule has 1 aliphatic heterocycles. The summed E-state index contributed by atoms with van der Waals surface area (Å²) in [5.41, 5.74) is 2.51. The number of thioether (sulfide) groups is 1. The van der Waals surface area contributed by atoms with Crippen molar-refractivity contribution in [2.75, 3.05) is 13.7 Å². The number of carbonyl (C=O) groups excluding carboxylic acids is 2. The number of benzene rings is 3. The number of hydrogen-bond donors (Lipinski definition) is 2. The number of amidine groups is 1. The zero-order chi connectivity index (χ0) is 25.5. The molecule has 2 amide bonds. The van der Waals surface area contributed by atoms with Gasteiger partial charge in [-0.05, 0) is 72.3 Å². The molecule has 1 saturated heterocycles. The van der Waals surface area contributed by atoms with Crippen molar-refractivity contribution in [3.63, 3.8) is 0 Å². The summed E-state index contributed by atoms with van der Waals surface area (Å²) in [6, 6.07) is 22.3. The molecule has 0 radical (unpaired) electrons. The Bertz CT molecular complexity index is 1310. The quantitative estimate of drug-likeness (QED) is 0.347. The Labute approximate surface area is 222 Å². The highest BCUT2D eigenvalue weighted by molar-refractivity contribution is 9.10. The molecule has 0 bridgehead atoms. The molecular weight excluding hydrogens is 542 g/mol. The molecule has 0 aromatic heterocycles. The van der Waals surface area contributed by atoms with E-state index in [0.717, 1.165) is 21.3 Å². The van der Waals surface area contributed by atoms with Gasteiger partial charge in [0, 0.05) is 4.47 Å². The number of amides is 2. The van der Waals surface area contributed by atoms with E-state index in [1.54, 1.807) is 24.3 Å². The first-order chi connectivity index (χ1) is 17.4. The monoisotopic (exact) mass is 565 g/mol. The fourth-order valence-electron chi connectivity index (χ4n) is 3.41. The van der Waals surface area contributed by atoms with E-state index in [0.29, 0.717) is 21.6 Å². The topological polar surface area (TPSA) is 89.0 Å². The lowest BCUT2D eigenvalue weighted by Gasteiger charge is -2.15. The van der Waals surface area contributed by atoms with Crippen LogP contribution in [0.3, 0.4) is 0 Å². The number of nitrogens with one attached hydrogen (secondary N) is 2. The third-order valence-electron chi connectivity index (χ3n) is 5.23. The van der Waals surface area contributed by atoms with Crippen LogP contribution in [0.4, 0.5) is 5.69 Å². The third-order valence-corrected chi connectivity index (χ3v) is 6.67. The Morgan fingerprint density at radius 1 is 1.11 bits per heavy atom. The van der Waals surface area contributed by atoms with Gasteiger partial charge < -0.3 is 20.1 Å². The summed E-state index contributed by atoms with van der Waals surface area (Å²) < 4.78 is 12.1. The standard InChI is InChI=1S/C27H24BrN3O4S/c1-17(19-6-4-3-5-7-19)29-25(32)16-35-22-13-8-18(14-23(22)34-2)15-24-26(33)31-27(36-24)30-21-11-9-20(28)10-12-21/h3-15,17H,16H2,1-2H3,(H,29,32)(H,30,31,33)/b24-15+/t17-/m0/s1. The van der Waals surface area contributed by atoms with Gasteiger partial charge in [-0.2, -0.15) is 0 Å². The first-order valence-electron chi connectivity index (χ1n) is 11.1. The van der Waals surface area contributed by atoms with Crippen LogP contribution < -0.4 is 20.1 Å². The van der Waals surface area contributed by atoms with Crippen molar-refractivity contribution in [3.05, 3.63) is 93.3 Å². The minimum Gasteiger partial charge on any atom is -0.493 e. The number of ether oxygens (including phenoxy) is 2. The average Bonchev–Trinajstić information content (AvgIpc) is 3.23. The second-order valence-corrected chi connectivity index (χ2v) is 9.80. The predicted octanol–water partition coefficient (Wildman–Crippen LogP) is 5.61. The van der Waals surface area contributed by atoms with Gasteiger partial charge in [-0.25, -0.2) is 4.99 Å². The number of rotatable bonds is 8. The van der Waals surface area contributed by atoms with Crippen LogP contribution in [0.2, 0.25) is 0 Å². The van der Waals surface area contributed by atoms with Crippen molar-refractivity contribution < 1.29 is 19.1 Å². The Morgan fingerprint density at radius 3 is 2.58 bits per heavy atom. The Kier molecular flexibility index (Phi) is 8.45. The van der Waals surface area contributed by atoms with E-state index >= 15 is 0 Å². The van der Waals surface area contributed by atoms with Crippen LogP contribution in [0.1, 0.15) is 24.1 Å². The average molecular weight is 566 g/mol. The molecule has 1 heterocycles. The number of halogens is 1. The molecule has 0 aliphatic carbocycles. The summed E-state index contributed by atoms with van der Waals surface area (Å²) >= 11 is 4.66. The molecule has 3 aromatic rings. The molecule has 0 unspecified atom stereocenters. The molecule has 7 nitrogen and oxygen atoms in total. The molecule has 9 heteroatoms. The highest BCUT2D eigenvalue weighted by atomic mass is 79.9. The molecule has 2 N–H and O–H groups in total. The SMILES string of the molecule is COc1cc(/C=C2/SC(=Nc3ccc(Br)cc3)NC2=O)ccc1OCC(=O)N[C@@H](C)c1ccccc1. The van der Waals surface area contributed by atoms with E-state index < -0.39 is 0 Å². The number of nitrogens with zero attached hydrogens (tertiary/aromatic N) is 1. The van der Waals surface area contributed by atoms with E-state index in [-0.39, 0.29) is 24.5 Å². The van der Waals surface area contributed by atoms with Crippen molar-refractivity contribution in [2.45, 2.75) is 13.0 Å². The summed E-state index contributed by atoms with van der Waals surface area (Å²) in [6.45, 7) is 1.77. The number of methoxy groups -OCH3 is 1. The van der Waals surface area contributed by atoms with Gasteiger partial charge in [0.05, 0.1) is 23.7 Å². The summed E-state index contributed by atoms with van der Waals surface area (Å²) in [6.07, 6.45) is 1.75. The molecule has 1 fully saturated rings. The van der Waals surface area contributed by atoms with E-state index in [9.17, 15) is 9.59 Å². The summed E-state index contributed by atoms with van der Waals surface area (Å²) in [7, 11) is 1.52. The highest BCUT2D eigenvalue weighted by Gasteiger charge is 2.24. The Morgan fingerprint density at radius 2 is 1.86 bits per heavy atom. The summed E-state index contributed by atoms with van der Waals surface area (Å²) in [5, 5.41) is 6.21. The van der Waals surface area contributed by atoms with E-state index in [4.69, 9.17) is 9.47 Å². The number of aliphatic imine (C=N–C) groups is 1. The second kappa shape index (κ2) is 11.9. The highest BCUT2D eigenvalue weighted by Crippen LogP contribution is 2.32. The molecule has 0 spiro atoms. The van der Waals surface area contributed by atoms with Crippen molar-refractivity contribution >= 4 is 56.4 Å². The summed E-state index contributed by atoms with van der Waals surface area (Å²) in [4.78, 5) is 29.8. The van der Waals surface area contributed by atoms with Gasteiger partial charge in [0.25, 0.3) is 11.8 Å². The van der Waals surface area contributed by atoms with Gasteiger partial charge in [0.15, 0.2) is 23.3 Å². The van der Waals surface area contributed by atoms with E-state index in [1.807, 2.05) is 61.5 Å². The smallest absolute Gasteiger partial charge is 0.264 e. The lowest BCUT2D eigenvalue weighted by molar-refractivity contribution is -0.123. The maximum Gasteiger partial charge on any atom is 0.264 e. The normalized spacial score (nSPS) is 16.0. The lowest BCUT2D eigenvalue weighted by atomic mass is 10.1. The van der Waals surface area contributed by atoms with Crippen LogP contribution in [-0.4, -0.2) is 30.7 Å². The second-order valence-electron chi connectivity index (χ2n) is 7.86. The molecule has 1 aliphatic rings. The van der Waals surface area contributed by atoms with Crippen LogP contribution >= 0.6 is 27.7 Å². The molecule has 36 heavy (non-hydrogen) atoms. The van der Waals surface area contributed by atoms with Gasteiger partial charge in [0.1, 0.15) is 0 Å². The molecule has 3 aromatic carbocycles. The zero-order valence-electron chi connectivity index (χ0n) is 19.7. The first-order valence-corrected chi connectivity index (χ1v) is 12.7. The van der Waals surface area contributed by atoms with Crippen molar-refractivity contribution in [1.82, 2.24) is 10.6 Å². The third kappa shape index (κ3) is 6.77.